The van der Waals surface area contributed by atoms with Crippen LogP contribution in [0.25, 0.3) is 0 Å². The first-order valence-corrected chi connectivity index (χ1v) is 15.5. The zero-order valence-electron chi connectivity index (χ0n) is 24.2. The summed E-state index contributed by atoms with van der Waals surface area (Å²) in [6.07, 6.45) is 24.3. The van der Waals surface area contributed by atoms with Gasteiger partial charge in [-0.05, 0) is 18.8 Å². The molecule has 0 aliphatic carbocycles. The number of esters is 2. The maximum Gasteiger partial charge on any atom is 0.305 e. The van der Waals surface area contributed by atoms with E-state index in [-0.39, 0.29) is 25.2 Å². The quantitative estimate of drug-likeness (QED) is 0.0880. The summed E-state index contributed by atoms with van der Waals surface area (Å²) in [6, 6.07) is 0. The first kappa shape index (κ1) is 34.9. The van der Waals surface area contributed by atoms with Crippen LogP contribution in [-0.2, 0) is 19.1 Å². The van der Waals surface area contributed by atoms with Gasteiger partial charge in [-0.3, -0.25) is 9.59 Å². The maximum absolute atomic E-state index is 11.8. The van der Waals surface area contributed by atoms with Crippen molar-refractivity contribution in [2.24, 2.45) is 5.92 Å². The molecule has 0 fully saturated rings. The second-order valence-electron chi connectivity index (χ2n) is 10.8. The standard InChI is InChI=1S/C31H60O5/c1-4-6-7-8-9-10-11-12-13-14-18-21-24-30(33)35-26-29(32)27-36-31(34)25-22-19-16-15-17-20-23-28(3)5-2/h28-29,32H,4-27H2,1-3H3/t28?,29-/m0/s1. The second-order valence-corrected chi connectivity index (χ2v) is 10.8. The minimum Gasteiger partial charge on any atom is -0.463 e. The summed E-state index contributed by atoms with van der Waals surface area (Å²) >= 11 is 0. The number of ether oxygens (including phenoxy) is 2. The van der Waals surface area contributed by atoms with Crippen LogP contribution in [-0.4, -0.2) is 36.4 Å². The molecule has 1 N–H and O–H groups in total. The second kappa shape index (κ2) is 26.9. The van der Waals surface area contributed by atoms with E-state index < -0.39 is 6.10 Å². The van der Waals surface area contributed by atoms with E-state index in [4.69, 9.17) is 9.47 Å². The van der Waals surface area contributed by atoms with Gasteiger partial charge in [0, 0.05) is 12.8 Å². The fourth-order valence-electron chi connectivity index (χ4n) is 4.35. The molecule has 0 bridgehead atoms. The first-order valence-electron chi connectivity index (χ1n) is 15.5. The van der Waals surface area contributed by atoms with Crippen molar-refractivity contribution in [2.45, 2.75) is 168 Å². The molecule has 0 amide bonds. The van der Waals surface area contributed by atoms with Crippen molar-refractivity contribution in [2.75, 3.05) is 13.2 Å². The average Bonchev–Trinajstić information content (AvgIpc) is 2.88. The molecule has 0 aromatic carbocycles. The Morgan fingerprint density at radius 1 is 0.583 bits per heavy atom. The molecule has 0 aliphatic heterocycles. The number of aliphatic hydroxyl groups excluding tert-OH is 1. The molecule has 36 heavy (non-hydrogen) atoms. The van der Waals surface area contributed by atoms with Gasteiger partial charge in [0.05, 0.1) is 0 Å². The lowest BCUT2D eigenvalue weighted by atomic mass is 10.00. The number of carbonyl (C=O) groups excluding carboxylic acids is 2. The van der Waals surface area contributed by atoms with Crippen molar-refractivity contribution in [3.8, 4) is 0 Å². The minimum atomic E-state index is -0.953. The van der Waals surface area contributed by atoms with Crippen molar-refractivity contribution < 1.29 is 24.2 Å². The summed E-state index contributed by atoms with van der Waals surface area (Å²) in [5, 5.41) is 9.91. The Hall–Kier alpha value is -1.10. The Morgan fingerprint density at radius 3 is 1.33 bits per heavy atom. The number of hydrogen-bond donors (Lipinski definition) is 1. The van der Waals surface area contributed by atoms with Crippen LogP contribution in [0.5, 0.6) is 0 Å². The zero-order chi connectivity index (χ0) is 26.7. The number of unbranched alkanes of at least 4 members (excludes halogenated alkanes) is 16. The van der Waals surface area contributed by atoms with Gasteiger partial charge < -0.3 is 14.6 Å². The van der Waals surface area contributed by atoms with Gasteiger partial charge in [-0.1, -0.05) is 136 Å². The average molecular weight is 513 g/mol. The largest absolute Gasteiger partial charge is 0.463 e. The van der Waals surface area contributed by atoms with Crippen LogP contribution in [0.15, 0.2) is 0 Å². The lowest BCUT2D eigenvalue weighted by molar-refractivity contribution is -0.152. The Labute approximate surface area is 223 Å². The van der Waals surface area contributed by atoms with Gasteiger partial charge in [-0.25, -0.2) is 0 Å². The van der Waals surface area contributed by atoms with E-state index >= 15 is 0 Å². The van der Waals surface area contributed by atoms with E-state index in [0.717, 1.165) is 38.0 Å². The Morgan fingerprint density at radius 2 is 0.944 bits per heavy atom. The lowest BCUT2D eigenvalue weighted by Gasteiger charge is -2.12. The van der Waals surface area contributed by atoms with E-state index in [9.17, 15) is 14.7 Å². The number of carbonyl (C=O) groups is 2. The summed E-state index contributed by atoms with van der Waals surface area (Å²) in [5.41, 5.74) is 0. The maximum atomic E-state index is 11.8. The van der Waals surface area contributed by atoms with Gasteiger partial charge in [0.1, 0.15) is 19.3 Å². The van der Waals surface area contributed by atoms with Gasteiger partial charge in [0.25, 0.3) is 0 Å². The SMILES string of the molecule is CCCCCCCCCCCCCCC(=O)OC[C@H](O)COC(=O)CCCCCCCCC(C)CC. The highest BCUT2D eigenvalue weighted by molar-refractivity contribution is 5.69. The van der Waals surface area contributed by atoms with E-state index in [1.165, 1.54) is 96.3 Å². The molecule has 0 heterocycles. The van der Waals surface area contributed by atoms with Gasteiger partial charge >= 0.3 is 11.9 Å². The molecule has 0 spiro atoms. The predicted octanol–water partition coefficient (Wildman–Crippen LogP) is 8.69. The number of aliphatic hydroxyl groups is 1. The van der Waals surface area contributed by atoms with Crippen molar-refractivity contribution in [1.29, 1.82) is 0 Å². The third kappa shape index (κ3) is 26.0. The molecule has 214 valence electrons. The summed E-state index contributed by atoms with van der Waals surface area (Å²) in [4.78, 5) is 23.7. The Bertz CT molecular complexity index is 493. The summed E-state index contributed by atoms with van der Waals surface area (Å²) < 4.78 is 10.2. The molecule has 0 rings (SSSR count). The molecule has 0 aromatic heterocycles. The summed E-state index contributed by atoms with van der Waals surface area (Å²) in [6.45, 7) is 6.59. The van der Waals surface area contributed by atoms with E-state index in [0.29, 0.717) is 12.8 Å². The molecular weight excluding hydrogens is 452 g/mol. The van der Waals surface area contributed by atoms with Crippen LogP contribution < -0.4 is 0 Å². The molecule has 0 aromatic rings. The van der Waals surface area contributed by atoms with E-state index in [1.807, 2.05) is 0 Å². The monoisotopic (exact) mass is 512 g/mol. The van der Waals surface area contributed by atoms with Gasteiger partial charge in [-0.2, -0.15) is 0 Å². The first-order chi connectivity index (χ1) is 17.5. The number of rotatable bonds is 27. The van der Waals surface area contributed by atoms with Crippen LogP contribution in [0.2, 0.25) is 0 Å². The third-order valence-corrected chi connectivity index (χ3v) is 7.13. The van der Waals surface area contributed by atoms with Crippen molar-refractivity contribution in [3.63, 3.8) is 0 Å². The van der Waals surface area contributed by atoms with Crippen LogP contribution in [0.1, 0.15) is 162 Å². The van der Waals surface area contributed by atoms with E-state index in [1.54, 1.807) is 0 Å². The van der Waals surface area contributed by atoms with Crippen LogP contribution in [0.3, 0.4) is 0 Å². The predicted molar refractivity (Wildman–Crippen MR) is 150 cm³/mol. The molecule has 5 heteroatoms. The summed E-state index contributed by atoms with van der Waals surface area (Å²) in [7, 11) is 0. The van der Waals surface area contributed by atoms with Crippen LogP contribution >= 0.6 is 0 Å². The molecule has 0 radical (unpaired) electrons. The van der Waals surface area contributed by atoms with Gasteiger partial charge in [-0.15, -0.1) is 0 Å². The zero-order valence-corrected chi connectivity index (χ0v) is 24.2. The summed E-state index contributed by atoms with van der Waals surface area (Å²) in [5.74, 6) is 0.267. The van der Waals surface area contributed by atoms with Crippen molar-refractivity contribution >= 4 is 11.9 Å². The topological polar surface area (TPSA) is 72.8 Å². The fraction of sp³-hybridized carbons (Fsp3) is 0.935. The van der Waals surface area contributed by atoms with E-state index in [2.05, 4.69) is 20.8 Å². The lowest BCUT2D eigenvalue weighted by Crippen LogP contribution is -2.25. The molecule has 2 atom stereocenters. The highest BCUT2D eigenvalue weighted by Crippen LogP contribution is 2.15. The normalized spacial score (nSPS) is 12.9. The molecule has 0 saturated carbocycles. The van der Waals surface area contributed by atoms with Crippen molar-refractivity contribution in [1.82, 2.24) is 0 Å². The molecule has 5 nitrogen and oxygen atoms in total. The minimum absolute atomic E-state index is 0.110. The highest BCUT2D eigenvalue weighted by atomic mass is 16.6. The fourth-order valence-corrected chi connectivity index (χ4v) is 4.35. The number of hydrogen-bond acceptors (Lipinski definition) is 5. The smallest absolute Gasteiger partial charge is 0.305 e. The molecule has 0 aliphatic rings. The van der Waals surface area contributed by atoms with Gasteiger partial charge in [0.2, 0.25) is 0 Å². The van der Waals surface area contributed by atoms with Crippen molar-refractivity contribution in [3.05, 3.63) is 0 Å². The molecule has 0 saturated heterocycles. The molecular formula is C31H60O5. The Kier molecular flexibility index (Phi) is 26.1. The van der Waals surface area contributed by atoms with Crippen LogP contribution in [0, 0.1) is 5.92 Å². The Balaban J connectivity index is 3.44. The van der Waals surface area contributed by atoms with Crippen LogP contribution in [0.4, 0.5) is 0 Å². The molecule has 1 unspecified atom stereocenters. The van der Waals surface area contributed by atoms with Gasteiger partial charge in [0.15, 0.2) is 0 Å². The third-order valence-electron chi connectivity index (χ3n) is 7.13. The highest BCUT2D eigenvalue weighted by Gasteiger charge is 2.12.